The zero-order valence-corrected chi connectivity index (χ0v) is 8.56. The van der Waals surface area contributed by atoms with Gasteiger partial charge in [-0.15, -0.1) is 0 Å². The molecule has 0 radical (unpaired) electrons. The standard InChI is InChI=1S/C11H14ClN/c1-8-6-10(12)3-2-9(8)7-11(13)4-5-11/h2-3,6H,4-5,7,13H2,1H3. The molecule has 0 saturated heterocycles. The molecular weight excluding hydrogens is 182 g/mol. The number of rotatable bonds is 2. The molecule has 1 aliphatic rings. The van der Waals surface area contributed by atoms with Gasteiger partial charge in [0.25, 0.3) is 0 Å². The predicted molar refractivity (Wildman–Crippen MR) is 56.0 cm³/mol. The molecule has 0 amide bonds. The quantitative estimate of drug-likeness (QED) is 0.772. The Bertz CT molecular complexity index is 329. The van der Waals surface area contributed by atoms with Crippen LogP contribution in [0.2, 0.25) is 5.02 Å². The highest BCUT2D eigenvalue weighted by Crippen LogP contribution is 2.36. The van der Waals surface area contributed by atoms with E-state index in [4.69, 9.17) is 17.3 Å². The Balaban J connectivity index is 2.20. The highest BCUT2D eigenvalue weighted by Gasteiger charge is 2.38. The molecule has 1 aromatic rings. The molecule has 1 aromatic carbocycles. The molecule has 70 valence electrons. The van der Waals surface area contributed by atoms with Crippen molar-refractivity contribution in [2.75, 3.05) is 0 Å². The first-order chi connectivity index (χ1) is 6.09. The SMILES string of the molecule is Cc1cc(Cl)ccc1CC1(N)CC1. The Kier molecular flexibility index (Phi) is 2.09. The van der Waals surface area contributed by atoms with E-state index >= 15 is 0 Å². The zero-order valence-electron chi connectivity index (χ0n) is 7.81. The molecule has 2 rings (SSSR count). The lowest BCUT2D eigenvalue weighted by molar-refractivity contribution is 0.669. The Morgan fingerprint density at radius 2 is 2.15 bits per heavy atom. The van der Waals surface area contributed by atoms with E-state index < -0.39 is 0 Å². The van der Waals surface area contributed by atoms with E-state index in [2.05, 4.69) is 13.0 Å². The maximum Gasteiger partial charge on any atom is 0.0408 e. The molecule has 0 spiro atoms. The topological polar surface area (TPSA) is 26.0 Å². The van der Waals surface area contributed by atoms with Crippen LogP contribution in [-0.2, 0) is 6.42 Å². The third-order valence-electron chi connectivity index (χ3n) is 2.74. The molecule has 0 aromatic heterocycles. The summed E-state index contributed by atoms with van der Waals surface area (Å²) in [6, 6.07) is 6.03. The number of aryl methyl sites for hydroxylation is 1. The smallest absolute Gasteiger partial charge is 0.0408 e. The van der Waals surface area contributed by atoms with Crippen LogP contribution in [0.4, 0.5) is 0 Å². The summed E-state index contributed by atoms with van der Waals surface area (Å²) in [4.78, 5) is 0. The van der Waals surface area contributed by atoms with Crippen molar-refractivity contribution in [3.05, 3.63) is 34.3 Å². The van der Waals surface area contributed by atoms with Crippen LogP contribution in [0.3, 0.4) is 0 Å². The normalized spacial score (nSPS) is 18.7. The second kappa shape index (κ2) is 3.00. The van der Waals surface area contributed by atoms with Gasteiger partial charge in [-0.25, -0.2) is 0 Å². The van der Waals surface area contributed by atoms with E-state index in [9.17, 15) is 0 Å². The molecule has 1 fully saturated rings. The van der Waals surface area contributed by atoms with E-state index in [1.54, 1.807) is 0 Å². The van der Waals surface area contributed by atoms with Crippen molar-refractivity contribution in [2.45, 2.75) is 31.7 Å². The number of hydrogen-bond acceptors (Lipinski definition) is 1. The van der Waals surface area contributed by atoms with E-state index in [1.807, 2.05) is 12.1 Å². The third-order valence-corrected chi connectivity index (χ3v) is 2.97. The van der Waals surface area contributed by atoms with Crippen molar-refractivity contribution >= 4 is 11.6 Å². The van der Waals surface area contributed by atoms with Crippen LogP contribution in [-0.4, -0.2) is 5.54 Å². The summed E-state index contributed by atoms with van der Waals surface area (Å²) in [5.41, 5.74) is 8.74. The summed E-state index contributed by atoms with van der Waals surface area (Å²) >= 11 is 5.87. The van der Waals surface area contributed by atoms with Crippen molar-refractivity contribution < 1.29 is 0 Å². The largest absolute Gasteiger partial charge is 0.325 e. The number of halogens is 1. The van der Waals surface area contributed by atoms with Gasteiger partial charge in [0.05, 0.1) is 0 Å². The third kappa shape index (κ3) is 2.04. The molecular formula is C11H14ClN. The summed E-state index contributed by atoms with van der Waals surface area (Å²) in [5.74, 6) is 0. The predicted octanol–water partition coefficient (Wildman–Crippen LogP) is 2.68. The van der Waals surface area contributed by atoms with Gasteiger partial charge < -0.3 is 5.73 Å². The summed E-state index contributed by atoms with van der Waals surface area (Å²) < 4.78 is 0. The molecule has 1 nitrogen and oxygen atoms in total. The minimum atomic E-state index is 0.0958. The van der Waals surface area contributed by atoms with Gasteiger partial charge in [-0.1, -0.05) is 17.7 Å². The number of benzene rings is 1. The highest BCUT2D eigenvalue weighted by atomic mass is 35.5. The fourth-order valence-electron chi connectivity index (χ4n) is 1.57. The van der Waals surface area contributed by atoms with Crippen molar-refractivity contribution in [3.8, 4) is 0 Å². The van der Waals surface area contributed by atoms with E-state index in [1.165, 1.54) is 11.1 Å². The highest BCUT2D eigenvalue weighted by molar-refractivity contribution is 6.30. The maximum absolute atomic E-state index is 6.05. The van der Waals surface area contributed by atoms with Crippen LogP contribution in [0.15, 0.2) is 18.2 Å². The van der Waals surface area contributed by atoms with Gasteiger partial charge in [0.2, 0.25) is 0 Å². The maximum atomic E-state index is 6.05. The van der Waals surface area contributed by atoms with Crippen molar-refractivity contribution in [1.82, 2.24) is 0 Å². The minimum absolute atomic E-state index is 0.0958. The van der Waals surface area contributed by atoms with Crippen LogP contribution >= 0.6 is 11.6 Å². The first-order valence-electron chi connectivity index (χ1n) is 4.63. The van der Waals surface area contributed by atoms with Gasteiger partial charge in [0, 0.05) is 10.6 Å². The number of hydrogen-bond donors (Lipinski definition) is 1. The summed E-state index contributed by atoms with van der Waals surface area (Å²) in [6.07, 6.45) is 3.32. The zero-order chi connectivity index (χ0) is 9.47. The molecule has 1 saturated carbocycles. The summed E-state index contributed by atoms with van der Waals surface area (Å²) in [6.45, 7) is 2.09. The molecule has 2 heteroatoms. The molecule has 0 heterocycles. The fourth-order valence-corrected chi connectivity index (χ4v) is 1.80. The van der Waals surface area contributed by atoms with Gasteiger partial charge in [-0.05, 0) is 49.4 Å². The lowest BCUT2D eigenvalue weighted by atomic mass is 10.0. The summed E-state index contributed by atoms with van der Waals surface area (Å²) in [7, 11) is 0. The lowest BCUT2D eigenvalue weighted by Gasteiger charge is -2.11. The summed E-state index contributed by atoms with van der Waals surface area (Å²) in [5, 5.41) is 0.808. The monoisotopic (exact) mass is 195 g/mol. The van der Waals surface area contributed by atoms with Gasteiger partial charge in [0.1, 0.15) is 0 Å². The average molecular weight is 196 g/mol. The van der Waals surface area contributed by atoms with Crippen molar-refractivity contribution in [3.63, 3.8) is 0 Å². The van der Waals surface area contributed by atoms with Crippen LogP contribution in [0, 0.1) is 6.92 Å². The molecule has 2 N–H and O–H groups in total. The Morgan fingerprint density at radius 3 is 2.69 bits per heavy atom. The molecule has 0 unspecified atom stereocenters. The van der Waals surface area contributed by atoms with Crippen LogP contribution in [0.25, 0.3) is 0 Å². The van der Waals surface area contributed by atoms with Crippen LogP contribution in [0.5, 0.6) is 0 Å². The average Bonchev–Trinajstić information content (AvgIpc) is 2.75. The lowest BCUT2D eigenvalue weighted by Crippen LogP contribution is -2.24. The van der Waals surface area contributed by atoms with Crippen molar-refractivity contribution in [2.24, 2.45) is 5.73 Å². The molecule has 1 aliphatic carbocycles. The van der Waals surface area contributed by atoms with Crippen LogP contribution in [0.1, 0.15) is 24.0 Å². The van der Waals surface area contributed by atoms with Crippen LogP contribution < -0.4 is 5.73 Å². The first kappa shape index (κ1) is 9.04. The van der Waals surface area contributed by atoms with Gasteiger partial charge in [0.15, 0.2) is 0 Å². The molecule has 0 atom stereocenters. The van der Waals surface area contributed by atoms with Crippen molar-refractivity contribution in [1.29, 1.82) is 0 Å². The molecule has 13 heavy (non-hydrogen) atoms. The fraction of sp³-hybridized carbons (Fsp3) is 0.455. The second-order valence-electron chi connectivity index (χ2n) is 4.11. The second-order valence-corrected chi connectivity index (χ2v) is 4.55. The first-order valence-corrected chi connectivity index (χ1v) is 5.01. The molecule has 0 bridgehead atoms. The minimum Gasteiger partial charge on any atom is -0.325 e. The van der Waals surface area contributed by atoms with Gasteiger partial charge in [-0.3, -0.25) is 0 Å². The number of nitrogens with two attached hydrogens (primary N) is 1. The molecule has 0 aliphatic heterocycles. The Labute approximate surface area is 83.9 Å². The Morgan fingerprint density at radius 1 is 1.46 bits per heavy atom. The van der Waals surface area contributed by atoms with E-state index in [0.29, 0.717) is 0 Å². The van der Waals surface area contributed by atoms with E-state index in [-0.39, 0.29) is 5.54 Å². The van der Waals surface area contributed by atoms with Gasteiger partial charge >= 0.3 is 0 Å². The van der Waals surface area contributed by atoms with E-state index in [0.717, 1.165) is 24.3 Å². The van der Waals surface area contributed by atoms with Gasteiger partial charge in [-0.2, -0.15) is 0 Å². The Hall–Kier alpha value is -0.530.